The zero-order valence-electron chi connectivity index (χ0n) is 13.1. The van der Waals surface area contributed by atoms with Crippen molar-refractivity contribution in [2.45, 2.75) is 31.5 Å². The van der Waals surface area contributed by atoms with Gasteiger partial charge in [0, 0.05) is 37.2 Å². The average molecular weight is 406 g/mol. The van der Waals surface area contributed by atoms with E-state index in [4.69, 9.17) is 11.6 Å². The predicted molar refractivity (Wildman–Crippen MR) is 95.5 cm³/mol. The molecule has 1 aromatic carbocycles. The summed E-state index contributed by atoms with van der Waals surface area (Å²) >= 11 is 6.25. The second kappa shape index (κ2) is 8.95. The third-order valence-corrected chi connectivity index (χ3v) is 4.87. The molecule has 1 heterocycles. The maximum absolute atomic E-state index is 13.0. The summed E-state index contributed by atoms with van der Waals surface area (Å²) in [5.74, 6) is 0.630. The Morgan fingerprint density at radius 3 is 2.33 bits per heavy atom. The number of halogens is 6. The van der Waals surface area contributed by atoms with E-state index in [9.17, 15) is 13.2 Å². The SMILES string of the molecule is Cl.Cl.FC(F)(F)c1ccc(Cl)c([C@H](CC2CC2)N2CCNCC2)c1. The van der Waals surface area contributed by atoms with E-state index in [1.54, 1.807) is 0 Å². The fraction of sp³-hybridized carbons (Fsp3) is 0.625. The molecule has 1 saturated carbocycles. The number of rotatable bonds is 4. The van der Waals surface area contributed by atoms with Gasteiger partial charge in [-0.3, -0.25) is 4.90 Å². The van der Waals surface area contributed by atoms with E-state index in [0.717, 1.165) is 38.7 Å². The van der Waals surface area contributed by atoms with Crippen LogP contribution in [0.15, 0.2) is 18.2 Å². The minimum atomic E-state index is -4.33. The molecule has 1 aliphatic heterocycles. The van der Waals surface area contributed by atoms with Gasteiger partial charge < -0.3 is 5.32 Å². The number of benzene rings is 1. The van der Waals surface area contributed by atoms with Gasteiger partial charge in [-0.1, -0.05) is 24.4 Å². The lowest BCUT2D eigenvalue weighted by molar-refractivity contribution is -0.137. The second-order valence-electron chi connectivity index (χ2n) is 6.21. The Morgan fingerprint density at radius 2 is 1.79 bits per heavy atom. The molecule has 0 radical (unpaired) electrons. The number of hydrogen-bond acceptors (Lipinski definition) is 2. The molecule has 0 amide bonds. The third kappa shape index (κ3) is 5.40. The Kier molecular flexibility index (Phi) is 8.14. The Hall–Kier alpha value is -0.200. The van der Waals surface area contributed by atoms with Crippen LogP contribution < -0.4 is 5.32 Å². The van der Waals surface area contributed by atoms with Gasteiger partial charge in [0.05, 0.1) is 5.56 Å². The molecule has 0 unspecified atom stereocenters. The number of alkyl halides is 3. The van der Waals surface area contributed by atoms with Crippen LogP contribution in [0.4, 0.5) is 13.2 Å². The summed E-state index contributed by atoms with van der Waals surface area (Å²) < 4.78 is 39.0. The van der Waals surface area contributed by atoms with E-state index in [2.05, 4.69) is 10.2 Å². The molecule has 0 spiro atoms. The van der Waals surface area contributed by atoms with Crippen LogP contribution in [0.2, 0.25) is 5.02 Å². The molecule has 3 rings (SSSR count). The molecule has 1 aromatic rings. The molecule has 2 aliphatic rings. The highest BCUT2D eigenvalue weighted by Gasteiger charge is 2.35. The minimum absolute atomic E-state index is 0. The lowest BCUT2D eigenvalue weighted by Gasteiger charge is -2.36. The smallest absolute Gasteiger partial charge is 0.314 e. The summed E-state index contributed by atoms with van der Waals surface area (Å²) in [6, 6.07) is 3.70. The van der Waals surface area contributed by atoms with E-state index >= 15 is 0 Å². The van der Waals surface area contributed by atoms with Crippen molar-refractivity contribution in [3.8, 4) is 0 Å². The van der Waals surface area contributed by atoms with Crippen LogP contribution in [-0.2, 0) is 6.18 Å². The Morgan fingerprint density at radius 1 is 1.17 bits per heavy atom. The fourth-order valence-corrected chi connectivity index (χ4v) is 3.35. The number of nitrogens with one attached hydrogen (secondary N) is 1. The summed E-state index contributed by atoms with van der Waals surface area (Å²) in [7, 11) is 0. The first-order valence-electron chi connectivity index (χ1n) is 7.76. The summed E-state index contributed by atoms with van der Waals surface area (Å²) in [5, 5.41) is 3.73. The number of hydrogen-bond donors (Lipinski definition) is 1. The molecule has 2 nitrogen and oxygen atoms in total. The van der Waals surface area contributed by atoms with Crippen molar-refractivity contribution in [2.24, 2.45) is 5.92 Å². The predicted octanol–water partition coefficient (Wildman–Crippen LogP) is 4.95. The Labute approximate surface area is 157 Å². The summed E-state index contributed by atoms with van der Waals surface area (Å²) in [6.07, 6.45) is -1.06. The summed E-state index contributed by atoms with van der Waals surface area (Å²) in [5.41, 5.74) is 0.0214. The van der Waals surface area contributed by atoms with Crippen LogP contribution in [0, 0.1) is 5.92 Å². The fourth-order valence-electron chi connectivity index (χ4n) is 3.11. The molecule has 138 valence electrons. The normalized spacial score (nSPS) is 20.0. The van der Waals surface area contributed by atoms with Crippen LogP contribution in [0.25, 0.3) is 0 Å². The van der Waals surface area contributed by atoms with Gasteiger partial charge in [-0.15, -0.1) is 24.8 Å². The average Bonchev–Trinajstić information content (AvgIpc) is 3.29. The largest absolute Gasteiger partial charge is 0.416 e. The molecule has 0 bridgehead atoms. The molecule has 1 aliphatic carbocycles. The molecule has 2 fully saturated rings. The van der Waals surface area contributed by atoms with Gasteiger partial charge in [0.2, 0.25) is 0 Å². The van der Waals surface area contributed by atoms with Crippen LogP contribution in [0.1, 0.15) is 36.4 Å². The highest BCUT2D eigenvalue weighted by molar-refractivity contribution is 6.31. The van der Waals surface area contributed by atoms with Crippen molar-refractivity contribution in [3.63, 3.8) is 0 Å². The van der Waals surface area contributed by atoms with E-state index in [1.807, 2.05) is 0 Å². The van der Waals surface area contributed by atoms with Crippen LogP contribution in [0.5, 0.6) is 0 Å². The molecular formula is C16H22Cl3F3N2. The third-order valence-electron chi connectivity index (χ3n) is 4.53. The van der Waals surface area contributed by atoms with Gasteiger partial charge in [0.15, 0.2) is 0 Å². The Bertz CT molecular complexity index is 530. The van der Waals surface area contributed by atoms with Gasteiger partial charge in [0.1, 0.15) is 0 Å². The lowest BCUT2D eigenvalue weighted by atomic mass is 9.96. The van der Waals surface area contributed by atoms with Gasteiger partial charge >= 0.3 is 6.18 Å². The van der Waals surface area contributed by atoms with Gasteiger partial charge in [-0.25, -0.2) is 0 Å². The van der Waals surface area contributed by atoms with Crippen LogP contribution in [-0.4, -0.2) is 31.1 Å². The zero-order valence-corrected chi connectivity index (χ0v) is 15.5. The van der Waals surface area contributed by atoms with Crippen molar-refractivity contribution >= 4 is 36.4 Å². The molecule has 24 heavy (non-hydrogen) atoms. The van der Waals surface area contributed by atoms with Crippen molar-refractivity contribution in [1.29, 1.82) is 0 Å². The number of piperazine rings is 1. The molecule has 1 saturated heterocycles. The molecule has 8 heteroatoms. The molecular weight excluding hydrogens is 384 g/mol. The minimum Gasteiger partial charge on any atom is -0.314 e. The first kappa shape index (κ1) is 21.8. The highest BCUT2D eigenvalue weighted by Crippen LogP contribution is 2.43. The topological polar surface area (TPSA) is 15.3 Å². The van der Waals surface area contributed by atoms with E-state index in [-0.39, 0.29) is 30.9 Å². The van der Waals surface area contributed by atoms with Crippen LogP contribution >= 0.6 is 36.4 Å². The van der Waals surface area contributed by atoms with E-state index in [1.165, 1.54) is 25.0 Å². The highest BCUT2D eigenvalue weighted by atomic mass is 35.5. The standard InChI is InChI=1S/C16H20ClF3N2.2ClH/c17-14-4-3-12(16(18,19)20)10-13(14)15(9-11-1-2-11)22-7-5-21-6-8-22;;/h3-4,10-11,15,21H,1-2,5-9H2;2*1H/t15-;;/m0../s1. The van der Waals surface area contributed by atoms with Crippen molar-refractivity contribution < 1.29 is 13.2 Å². The van der Waals surface area contributed by atoms with Crippen molar-refractivity contribution in [1.82, 2.24) is 10.2 Å². The summed E-state index contributed by atoms with van der Waals surface area (Å²) in [4.78, 5) is 2.27. The quantitative estimate of drug-likeness (QED) is 0.762. The monoisotopic (exact) mass is 404 g/mol. The maximum atomic E-state index is 13.0. The summed E-state index contributed by atoms with van der Waals surface area (Å²) in [6.45, 7) is 3.45. The molecule has 1 N–H and O–H groups in total. The van der Waals surface area contributed by atoms with Crippen LogP contribution in [0.3, 0.4) is 0 Å². The van der Waals surface area contributed by atoms with E-state index < -0.39 is 11.7 Å². The van der Waals surface area contributed by atoms with Crippen molar-refractivity contribution in [3.05, 3.63) is 34.3 Å². The maximum Gasteiger partial charge on any atom is 0.416 e. The Balaban J connectivity index is 0.00000144. The van der Waals surface area contributed by atoms with E-state index in [0.29, 0.717) is 16.5 Å². The number of nitrogens with zero attached hydrogens (tertiary/aromatic N) is 1. The van der Waals surface area contributed by atoms with Gasteiger partial charge in [-0.05, 0) is 36.1 Å². The second-order valence-corrected chi connectivity index (χ2v) is 6.62. The molecule has 1 atom stereocenters. The first-order valence-corrected chi connectivity index (χ1v) is 8.14. The molecule has 0 aromatic heterocycles. The van der Waals surface area contributed by atoms with Gasteiger partial charge in [-0.2, -0.15) is 13.2 Å². The van der Waals surface area contributed by atoms with Crippen molar-refractivity contribution in [2.75, 3.05) is 26.2 Å². The lowest BCUT2D eigenvalue weighted by Crippen LogP contribution is -2.45. The van der Waals surface area contributed by atoms with Gasteiger partial charge in [0.25, 0.3) is 0 Å². The zero-order chi connectivity index (χ0) is 15.7. The first-order chi connectivity index (χ1) is 10.4.